The van der Waals surface area contributed by atoms with Crippen LogP contribution in [0.4, 0.5) is 0 Å². The predicted molar refractivity (Wildman–Crippen MR) is 68.5 cm³/mol. The lowest BCUT2D eigenvalue weighted by atomic mass is 10.0. The minimum Gasteiger partial charge on any atom is -0.424 e. The number of hydrogen-bond donors (Lipinski definition) is 0. The number of ether oxygens (including phenoxy) is 1. The van der Waals surface area contributed by atoms with Gasteiger partial charge in [-0.15, -0.1) is 0 Å². The zero-order chi connectivity index (χ0) is 13.6. The molecule has 5 heteroatoms. The Labute approximate surface area is 108 Å². The molecule has 2 heterocycles. The molecule has 0 aliphatic carbocycles. The first kappa shape index (κ1) is 11.6. The zero-order valence-corrected chi connectivity index (χ0v) is 10.3. The number of nitrogens with zero attached hydrogens (tertiary/aromatic N) is 1. The summed E-state index contributed by atoms with van der Waals surface area (Å²) in [5.74, 6) is -0.980. The fraction of sp³-hybridized carbons (Fsp3) is 0.214. The number of ketones is 1. The molecule has 1 aliphatic heterocycles. The predicted octanol–water partition coefficient (Wildman–Crippen LogP) is 1.51. The van der Waals surface area contributed by atoms with Crippen molar-refractivity contribution in [2.24, 2.45) is 0 Å². The summed E-state index contributed by atoms with van der Waals surface area (Å²) < 4.78 is 6.64. The first-order valence-electron chi connectivity index (χ1n) is 6.03. The number of aromatic nitrogens is 1. The third kappa shape index (κ3) is 1.58. The molecule has 0 radical (unpaired) electrons. The fourth-order valence-corrected chi connectivity index (χ4v) is 2.41. The third-order valence-electron chi connectivity index (χ3n) is 3.24. The van der Waals surface area contributed by atoms with Gasteiger partial charge in [0.25, 0.3) is 5.56 Å². The van der Waals surface area contributed by atoms with Crippen molar-refractivity contribution in [1.29, 1.82) is 0 Å². The molecule has 1 aromatic heterocycles. The van der Waals surface area contributed by atoms with Crippen LogP contribution in [-0.4, -0.2) is 16.3 Å². The van der Waals surface area contributed by atoms with E-state index in [1.165, 1.54) is 4.57 Å². The molecular weight excluding hydrogens is 246 g/mol. The number of rotatable bonds is 1. The van der Waals surface area contributed by atoms with Gasteiger partial charge in [-0.25, -0.2) is 0 Å². The van der Waals surface area contributed by atoms with Crippen LogP contribution in [0.1, 0.15) is 23.7 Å². The summed E-state index contributed by atoms with van der Waals surface area (Å²) in [5.41, 5.74) is 0.255. The van der Waals surface area contributed by atoms with Crippen molar-refractivity contribution in [2.75, 3.05) is 0 Å². The van der Waals surface area contributed by atoms with Gasteiger partial charge in [-0.3, -0.25) is 14.4 Å². The van der Waals surface area contributed by atoms with Crippen LogP contribution in [0, 0.1) is 0 Å². The summed E-state index contributed by atoms with van der Waals surface area (Å²) in [6.07, 6.45) is -0.371. The molecule has 0 amide bonds. The molecule has 19 heavy (non-hydrogen) atoms. The Hall–Kier alpha value is -2.43. The highest BCUT2D eigenvalue weighted by Crippen LogP contribution is 2.31. The van der Waals surface area contributed by atoms with Crippen molar-refractivity contribution in [3.05, 3.63) is 40.2 Å². The van der Waals surface area contributed by atoms with E-state index in [0.717, 1.165) is 0 Å². The Morgan fingerprint density at radius 2 is 1.95 bits per heavy atom. The smallest absolute Gasteiger partial charge is 0.319 e. The van der Waals surface area contributed by atoms with E-state index in [1.807, 2.05) is 6.92 Å². The standard InChI is InChI=1S/C14H11NO4/c1-2-15-9-6-4-3-5-8(9)13-12(14(15)18)10(16)7-11(17)19-13/h3-6H,2,7H2,1H3. The third-order valence-corrected chi connectivity index (χ3v) is 3.24. The summed E-state index contributed by atoms with van der Waals surface area (Å²) in [7, 11) is 0. The first-order chi connectivity index (χ1) is 9.13. The van der Waals surface area contributed by atoms with E-state index in [0.29, 0.717) is 17.4 Å². The molecule has 1 aromatic carbocycles. The van der Waals surface area contributed by atoms with E-state index in [-0.39, 0.29) is 17.7 Å². The van der Waals surface area contributed by atoms with Crippen molar-refractivity contribution in [3.63, 3.8) is 0 Å². The van der Waals surface area contributed by atoms with Gasteiger partial charge < -0.3 is 9.30 Å². The summed E-state index contributed by atoms with van der Waals surface area (Å²) in [6, 6.07) is 7.09. The van der Waals surface area contributed by atoms with E-state index >= 15 is 0 Å². The maximum Gasteiger partial charge on any atom is 0.319 e. The van der Waals surface area contributed by atoms with Crippen LogP contribution in [-0.2, 0) is 11.3 Å². The average molecular weight is 257 g/mol. The molecule has 0 spiro atoms. The van der Waals surface area contributed by atoms with Crippen LogP contribution < -0.4 is 10.3 Å². The molecule has 3 rings (SSSR count). The second-order valence-corrected chi connectivity index (χ2v) is 4.34. The Morgan fingerprint density at radius 1 is 1.21 bits per heavy atom. The van der Waals surface area contributed by atoms with Gasteiger partial charge in [-0.2, -0.15) is 0 Å². The van der Waals surface area contributed by atoms with Crippen LogP contribution in [0.5, 0.6) is 5.75 Å². The number of fused-ring (bicyclic) bond motifs is 3. The summed E-state index contributed by atoms with van der Waals surface area (Å²) in [5, 5.41) is 0.611. The molecule has 0 bridgehead atoms. The molecule has 5 nitrogen and oxygen atoms in total. The van der Waals surface area contributed by atoms with Crippen molar-refractivity contribution in [3.8, 4) is 5.75 Å². The highest BCUT2D eigenvalue weighted by molar-refractivity contribution is 6.13. The molecule has 0 fully saturated rings. The van der Waals surface area contributed by atoms with E-state index < -0.39 is 17.3 Å². The zero-order valence-electron chi connectivity index (χ0n) is 10.3. The minimum atomic E-state index is -0.615. The van der Waals surface area contributed by atoms with E-state index in [4.69, 9.17) is 4.74 Å². The normalized spacial score (nSPS) is 14.4. The lowest BCUT2D eigenvalue weighted by Crippen LogP contribution is -2.33. The van der Waals surface area contributed by atoms with Crippen molar-refractivity contribution >= 4 is 22.7 Å². The Balaban J connectivity index is 2.52. The topological polar surface area (TPSA) is 65.4 Å². The van der Waals surface area contributed by atoms with Gasteiger partial charge in [0, 0.05) is 11.9 Å². The molecule has 96 valence electrons. The van der Waals surface area contributed by atoms with Gasteiger partial charge in [0.15, 0.2) is 11.5 Å². The van der Waals surface area contributed by atoms with Gasteiger partial charge in [0.1, 0.15) is 12.0 Å². The highest BCUT2D eigenvalue weighted by atomic mass is 16.5. The Kier molecular flexibility index (Phi) is 2.48. The molecule has 0 unspecified atom stereocenters. The van der Waals surface area contributed by atoms with Crippen molar-refractivity contribution in [2.45, 2.75) is 19.9 Å². The van der Waals surface area contributed by atoms with E-state index in [2.05, 4.69) is 0 Å². The van der Waals surface area contributed by atoms with E-state index in [9.17, 15) is 14.4 Å². The number of pyridine rings is 1. The summed E-state index contributed by atoms with van der Waals surface area (Å²) in [4.78, 5) is 35.6. The van der Waals surface area contributed by atoms with Gasteiger partial charge in [-0.05, 0) is 19.1 Å². The number of aryl methyl sites for hydroxylation is 1. The van der Waals surface area contributed by atoms with E-state index in [1.54, 1.807) is 24.3 Å². The SMILES string of the molecule is CCn1c(=O)c2c(c3ccccc31)OC(=O)CC2=O. The quantitative estimate of drug-likeness (QED) is 0.573. The van der Waals surface area contributed by atoms with Crippen LogP contribution in [0.15, 0.2) is 29.1 Å². The number of carbonyl (C=O) groups excluding carboxylic acids is 2. The van der Waals surface area contributed by atoms with Crippen LogP contribution in [0.2, 0.25) is 0 Å². The van der Waals surface area contributed by atoms with Crippen LogP contribution in [0.3, 0.4) is 0 Å². The molecule has 2 aromatic rings. The lowest BCUT2D eigenvalue weighted by molar-refractivity contribution is -0.133. The Bertz CT molecular complexity index is 773. The van der Waals surface area contributed by atoms with Crippen molar-refractivity contribution in [1.82, 2.24) is 4.57 Å². The number of esters is 1. The largest absolute Gasteiger partial charge is 0.424 e. The Morgan fingerprint density at radius 3 is 2.68 bits per heavy atom. The molecule has 0 atom stereocenters. The number of benzene rings is 1. The molecule has 0 N–H and O–H groups in total. The molecular formula is C14H11NO4. The summed E-state index contributed by atoms with van der Waals surface area (Å²) >= 11 is 0. The number of hydrogen-bond acceptors (Lipinski definition) is 4. The van der Waals surface area contributed by atoms with Gasteiger partial charge in [0.05, 0.1) is 5.52 Å². The van der Waals surface area contributed by atoms with Crippen LogP contribution >= 0.6 is 0 Å². The van der Waals surface area contributed by atoms with Gasteiger partial charge in [-0.1, -0.05) is 12.1 Å². The monoisotopic (exact) mass is 257 g/mol. The lowest BCUT2D eigenvalue weighted by Gasteiger charge is -2.18. The average Bonchev–Trinajstić information content (AvgIpc) is 2.38. The molecule has 0 saturated heterocycles. The van der Waals surface area contributed by atoms with Crippen LogP contribution in [0.25, 0.3) is 10.9 Å². The maximum absolute atomic E-state index is 12.3. The maximum atomic E-state index is 12.3. The van der Waals surface area contributed by atoms with Gasteiger partial charge in [0.2, 0.25) is 0 Å². The first-order valence-corrected chi connectivity index (χ1v) is 6.03. The number of para-hydroxylation sites is 1. The number of Topliss-reactive ketones (excluding diaryl/α,β-unsaturated/α-hetero) is 1. The van der Waals surface area contributed by atoms with Gasteiger partial charge >= 0.3 is 5.97 Å². The second-order valence-electron chi connectivity index (χ2n) is 4.34. The second kappa shape index (κ2) is 4.05. The fourth-order valence-electron chi connectivity index (χ4n) is 2.41. The highest BCUT2D eigenvalue weighted by Gasteiger charge is 2.30. The minimum absolute atomic E-state index is 0.0137. The van der Waals surface area contributed by atoms with Crippen molar-refractivity contribution < 1.29 is 14.3 Å². The molecule has 0 saturated carbocycles. The summed E-state index contributed by atoms with van der Waals surface area (Å²) in [6.45, 7) is 2.29. The number of carbonyl (C=O) groups is 2. The molecule has 1 aliphatic rings.